The van der Waals surface area contributed by atoms with Crippen molar-refractivity contribution in [2.24, 2.45) is 0 Å². The second-order valence-electron chi connectivity index (χ2n) is 6.64. The third kappa shape index (κ3) is 5.59. The predicted molar refractivity (Wildman–Crippen MR) is 109 cm³/mol. The molecule has 0 spiro atoms. The Balaban J connectivity index is 1.57. The lowest BCUT2D eigenvalue weighted by molar-refractivity contribution is -0.125. The highest BCUT2D eigenvalue weighted by Gasteiger charge is 2.23. The van der Waals surface area contributed by atoms with E-state index in [1.54, 1.807) is 48.4 Å². The number of rotatable bonds is 6. The third-order valence-electron chi connectivity index (χ3n) is 4.29. The number of hydrogen-bond acceptors (Lipinski definition) is 2. The maximum absolute atomic E-state index is 12.3. The summed E-state index contributed by atoms with van der Waals surface area (Å²) in [7, 11) is 1.73. The zero-order chi connectivity index (χ0) is 19.4. The van der Waals surface area contributed by atoms with Gasteiger partial charge in [0.1, 0.15) is 0 Å². The van der Waals surface area contributed by atoms with Gasteiger partial charge >= 0.3 is 0 Å². The minimum Gasteiger partial charge on any atom is -0.349 e. The summed E-state index contributed by atoms with van der Waals surface area (Å²) in [5.41, 5.74) is 2.32. The molecule has 0 saturated heterocycles. The van der Waals surface area contributed by atoms with Gasteiger partial charge in [0, 0.05) is 41.3 Å². The van der Waals surface area contributed by atoms with Crippen LogP contribution in [0.4, 0.5) is 0 Å². The zero-order valence-corrected chi connectivity index (χ0v) is 16.4. The molecule has 2 aromatic rings. The highest BCUT2D eigenvalue weighted by Crippen LogP contribution is 2.22. The maximum atomic E-state index is 12.3. The summed E-state index contributed by atoms with van der Waals surface area (Å²) in [6.45, 7) is 0.446. The van der Waals surface area contributed by atoms with Gasteiger partial charge in [-0.25, -0.2) is 0 Å². The molecule has 1 aliphatic carbocycles. The summed E-state index contributed by atoms with van der Waals surface area (Å²) in [6, 6.07) is 12.8. The Hall–Kier alpha value is -2.30. The van der Waals surface area contributed by atoms with Gasteiger partial charge in [0.05, 0.1) is 0 Å². The van der Waals surface area contributed by atoms with Crippen molar-refractivity contribution in [3.8, 4) is 0 Å². The third-order valence-corrected chi connectivity index (χ3v) is 4.86. The summed E-state index contributed by atoms with van der Waals surface area (Å²) in [5, 5.41) is 4.00. The Morgan fingerprint density at radius 2 is 1.85 bits per heavy atom. The monoisotopic (exact) mass is 402 g/mol. The van der Waals surface area contributed by atoms with Crippen LogP contribution in [-0.4, -0.2) is 29.8 Å². The van der Waals surface area contributed by atoms with Gasteiger partial charge in [0.15, 0.2) is 0 Å². The van der Waals surface area contributed by atoms with Crippen LogP contribution >= 0.6 is 23.2 Å². The number of likely N-dealkylation sites (N-methyl/N-ethyl adjacent to an activating group) is 1. The molecule has 0 heterocycles. The maximum Gasteiger partial charge on any atom is 0.251 e. The topological polar surface area (TPSA) is 49.4 Å². The average molecular weight is 403 g/mol. The number of amides is 2. The molecule has 2 aromatic carbocycles. The molecule has 140 valence electrons. The van der Waals surface area contributed by atoms with Crippen molar-refractivity contribution >= 4 is 41.1 Å². The van der Waals surface area contributed by atoms with Crippen molar-refractivity contribution in [2.75, 3.05) is 7.05 Å². The van der Waals surface area contributed by atoms with Crippen LogP contribution in [0.3, 0.4) is 0 Å². The molecule has 4 nitrogen and oxygen atoms in total. The van der Waals surface area contributed by atoms with Crippen LogP contribution in [0.15, 0.2) is 48.5 Å². The molecule has 3 rings (SSSR count). The minimum atomic E-state index is -0.142. The second kappa shape index (κ2) is 8.59. The Kier molecular flexibility index (Phi) is 6.19. The number of carbonyl (C=O) groups is 2. The molecule has 0 atom stereocenters. The van der Waals surface area contributed by atoms with E-state index in [4.69, 9.17) is 23.2 Å². The molecule has 27 heavy (non-hydrogen) atoms. The number of nitrogens with one attached hydrogen (secondary N) is 1. The second-order valence-corrected chi connectivity index (χ2v) is 7.48. The largest absolute Gasteiger partial charge is 0.349 e. The molecular weight excluding hydrogens is 383 g/mol. The van der Waals surface area contributed by atoms with Gasteiger partial charge in [-0.05, 0) is 54.3 Å². The average Bonchev–Trinajstić information content (AvgIpc) is 3.45. The SMILES string of the molecule is CN(Cc1ccc(C(=O)NC2CC2)cc1)C(=O)/C=C/c1ccc(Cl)cc1Cl. The fraction of sp³-hybridized carbons (Fsp3) is 0.238. The highest BCUT2D eigenvalue weighted by atomic mass is 35.5. The van der Waals surface area contributed by atoms with Crippen LogP contribution in [0, 0.1) is 0 Å². The van der Waals surface area contributed by atoms with E-state index in [-0.39, 0.29) is 11.8 Å². The van der Waals surface area contributed by atoms with Crippen LogP contribution in [0.2, 0.25) is 10.0 Å². The molecule has 0 radical (unpaired) electrons. The standard InChI is InChI=1S/C21H20Cl2N2O2/c1-25(20(26)11-7-15-6-8-17(22)12-19(15)23)13-14-2-4-16(5-3-14)21(27)24-18-9-10-18/h2-8,11-12,18H,9-10,13H2,1H3,(H,24,27)/b11-7+. The molecule has 0 aliphatic heterocycles. The summed E-state index contributed by atoms with van der Waals surface area (Å²) in [4.78, 5) is 25.9. The van der Waals surface area contributed by atoms with Crippen molar-refractivity contribution < 1.29 is 9.59 Å². The first-order valence-corrected chi connectivity index (χ1v) is 9.46. The van der Waals surface area contributed by atoms with Crippen LogP contribution in [0.1, 0.15) is 34.3 Å². The number of nitrogens with zero attached hydrogens (tertiary/aromatic N) is 1. The zero-order valence-electron chi connectivity index (χ0n) is 14.9. The van der Waals surface area contributed by atoms with Gasteiger partial charge < -0.3 is 10.2 Å². The van der Waals surface area contributed by atoms with Gasteiger partial charge in [-0.3, -0.25) is 9.59 Å². The van der Waals surface area contributed by atoms with E-state index < -0.39 is 0 Å². The number of halogens is 2. The minimum absolute atomic E-state index is 0.0451. The van der Waals surface area contributed by atoms with Crippen LogP contribution in [0.5, 0.6) is 0 Å². The van der Waals surface area contributed by atoms with E-state index in [2.05, 4.69) is 5.32 Å². The summed E-state index contributed by atoms with van der Waals surface area (Å²) in [5.74, 6) is -0.187. The lowest BCUT2D eigenvalue weighted by Gasteiger charge is -2.15. The molecule has 1 saturated carbocycles. The van der Waals surface area contributed by atoms with E-state index in [1.165, 1.54) is 6.08 Å². The van der Waals surface area contributed by atoms with Gasteiger partial charge in [0.2, 0.25) is 5.91 Å². The molecule has 0 aromatic heterocycles. The number of hydrogen-bond donors (Lipinski definition) is 1. The summed E-state index contributed by atoms with van der Waals surface area (Å²) < 4.78 is 0. The van der Waals surface area contributed by atoms with E-state index >= 15 is 0 Å². The Morgan fingerprint density at radius 3 is 2.48 bits per heavy atom. The normalized spacial score (nSPS) is 13.6. The van der Waals surface area contributed by atoms with E-state index in [1.807, 2.05) is 12.1 Å². The molecule has 1 aliphatic rings. The van der Waals surface area contributed by atoms with E-state index in [0.717, 1.165) is 24.0 Å². The van der Waals surface area contributed by atoms with Crippen molar-refractivity contribution in [3.63, 3.8) is 0 Å². The molecule has 0 bridgehead atoms. The first-order chi connectivity index (χ1) is 12.9. The van der Waals surface area contributed by atoms with Crippen molar-refractivity contribution in [1.29, 1.82) is 0 Å². The van der Waals surface area contributed by atoms with Crippen molar-refractivity contribution in [3.05, 3.63) is 75.3 Å². The van der Waals surface area contributed by atoms with E-state index in [9.17, 15) is 9.59 Å². The quantitative estimate of drug-likeness (QED) is 0.719. The van der Waals surface area contributed by atoms with Crippen molar-refractivity contribution in [2.45, 2.75) is 25.4 Å². The number of carbonyl (C=O) groups excluding carboxylic acids is 2. The molecular formula is C21H20Cl2N2O2. The molecule has 1 fully saturated rings. The molecule has 0 unspecified atom stereocenters. The first-order valence-electron chi connectivity index (χ1n) is 8.70. The van der Waals surface area contributed by atoms with Crippen LogP contribution < -0.4 is 5.32 Å². The van der Waals surface area contributed by atoms with E-state index in [0.29, 0.717) is 28.2 Å². The molecule has 2 amide bonds. The van der Waals surface area contributed by atoms with Gasteiger partial charge in [-0.1, -0.05) is 41.4 Å². The summed E-state index contributed by atoms with van der Waals surface area (Å²) >= 11 is 12.0. The lowest BCUT2D eigenvalue weighted by Crippen LogP contribution is -2.26. The molecule has 1 N–H and O–H groups in total. The lowest BCUT2D eigenvalue weighted by atomic mass is 10.1. The number of benzene rings is 2. The Labute approximate surface area is 168 Å². The van der Waals surface area contributed by atoms with Gasteiger partial charge in [0.25, 0.3) is 5.91 Å². The fourth-order valence-electron chi connectivity index (χ4n) is 2.53. The van der Waals surface area contributed by atoms with Crippen molar-refractivity contribution in [1.82, 2.24) is 10.2 Å². The first kappa shape index (κ1) is 19.5. The van der Waals surface area contributed by atoms with Gasteiger partial charge in [-0.2, -0.15) is 0 Å². The molecule has 6 heteroatoms. The summed E-state index contributed by atoms with van der Waals surface area (Å²) in [6.07, 6.45) is 5.27. The van der Waals surface area contributed by atoms with Gasteiger partial charge in [-0.15, -0.1) is 0 Å². The Morgan fingerprint density at radius 1 is 1.15 bits per heavy atom. The highest BCUT2D eigenvalue weighted by molar-refractivity contribution is 6.35. The smallest absolute Gasteiger partial charge is 0.251 e. The predicted octanol–water partition coefficient (Wildman–Crippen LogP) is 4.56. The Bertz CT molecular complexity index is 874. The van der Waals surface area contributed by atoms with Crippen LogP contribution in [0.25, 0.3) is 6.08 Å². The fourth-order valence-corrected chi connectivity index (χ4v) is 3.01. The van der Waals surface area contributed by atoms with Crippen LogP contribution in [-0.2, 0) is 11.3 Å².